The Hall–Kier alpha value is -2.60. The Morgan fingerprint density at radius 3 is 2.26 bits per heavy atom. The molecule has 1 aliphatic heterocycles. The standard InChI is InChI=1S/C21H27N3O3/c1-3-22(4-2)21(26)19(17-8-6-5-7-9-17)23-11-13-24(14-12-23)20(25)18-10-15-27-16-18/h5-10,15-16,19H,3-4,11-14H2,1-2H3. The van der Waals surface area contributed by atoms with Gasteiger partial charge in [-0.05, 0) is 25.5 Å². The SMILES string of the molecule is CCN(CC)C(=O)C(c1ccccc1)N1CCN(C(=O)c2ccoc2)CC1. The van der Waals surface area contributed by atoms with Gasteiger partial charge in [-0.3, -0.25) is 14.5 Å². The second kappa shape index (κ2) is 8.86. The first-order valence-electron chi connectivity index (χ1n) is 9.55. The molecule has 1 unspecified atom stereocenters. The van der Waals surface area contributed by atoms with Gasteiger partial charge in [-0.1, -0.05) is 30.3 Å². The number of likely N-dealkylation sites (N-methyl/N-ethyl adjacent to an activating group) is 1. The lowest BCUT2D eigenvalue weighted by molar-refractivity contribution is -0.137. The molecule has 1 aromatic heterocycles. The second-order valence-corrected chi connectivity index (χ2v) is 6.66. The highest BCUT2D eigenvalue weighted by atomic mass is 16.3. The average Bonchev–Trinajstić information content (AvgIpc) is 3.25. The smallest absolute Gasteiger partial charge is 0.257 e. The minimum absolute atomic E-state index is 0.0188. The largest absolute Gasteiger partial charge is 0.472 e. The molecule has 2 amide bonds. The Bertz CT molecular complexity index is 733. The van der Waals surface area contributed by atoms with E-state index in [1.807, 2.05) is 54.0 Å². The van der Waals surface area contributed by atoms with E-state index in [-0.39, 0.29) is 17.9 Å². The Labute approximate surface area is 160 Å². The molecule has 0 saturated carbocycles. The molecule has 1 fully saturated rings. The summed E-state index contributed by atoms with van der Waals surface area (Å²) in [5, 5.41) is 0. The molecule has 1 atom stereocenters. The third kappa shape index (κ3) is 4.22. The maximum atomic E-state index is 13.2. The van der Waals surface area contributed by atoms with Crippen LogP contribution in [0.5, 0.6) is 0 Å². The van der Waals surface area contributed by atoms with Crippen molar-refractivity contribution in [1.82, 2.24) is 14.7 Å². The minimum Gasteiger partial charge on any atom is -0.472 e. The number of nitrogens with zero attached hydrogens (tertiary/aromatic N) is 3. The highest BCUT2D eigenvalue weighted by molar-refractivity contribution is 5.94. The van der Waals surface area contributed by atoms with Crippen LogP contribution in [0.2, 0.25) is 0 Å². The van der Waals surface area contributed by atoms with E-state index in [1.54, 1.807) is 6.07 Å². The predicted octanol–water partition coefficient (Wildman–Crippen LogP) is 2.65. The molecule has 0 aliphatic carbocycles. The number of hydrogen-bond donors (Lipinski definition) is 0. The van der Waals surface area contributed by atoms with Gasteiger partial charge in [0, 0.05) is 39.3 Å². The zero-order chi connectivity index (χ0) is 19.2. The second-order valence-electron chi connectivity index (χ2n) is 6.66. The first-order valence-corrected chi connectivity index (χ1v) is 9.55. The molecule has 1 aromatic carbocycles. The van der Waals surface area contributed by atoms with Gasteiger partial charge in [0.05, 0.1) is 11.8 Å². The summed E-state index contributed by atoms with van der Waals surface area (Å²) in [6.45, 7) is 7.91. The number of rotatable bonds is 6. The Morgan fingerprint density at radius 2 is 1.70 bits per heavy atom. The third-order valence-electron chi connectivity index (χ3n) is 5.16. The van der Waals surface area contributed by atoms with Gasteiger partial charge >= 0.3 is 0 Å². The van der Waals surface area contributed by atoms with Crippen LogP contribution in [0, 0.1) is 0 Å². The summed E-state index contributed by atoms with van der Waals surface area (Å²) in [7, 11) is 0. The molecule has 144 valence electrons. The summed E-state index contributed by atoms with van der Waals surface area (Å²) in [6.07, 6.45) is 2.99. The molecule has 1 saturated heterocycles. The number of carbonyl (C=O) groups excluding carboxylic acids is 2. The van der Waals surface area contributed by atoms with Crippen LogP contribution in [0.4, 0.5) is 0 Å². The number of furan rings is 1. The van der Waals surface area contributed by atoms with Crippen LogP contribution in [0.3, 0.4) is 0 Å². The number of carbonyl (C=O) groups is 2. The molecule has 0 N–H and O–H groups in total. The van der Waals surface area contributed by atoms with E-state index in [4.69, 9.17) is 4.42 Å². The van der Waals surface area contributed by atoms with Gasteiger partial charge in [-0.25, -0.2) is 0 Å². The van der Waals surface area contributed by atoms with Gasteiger partial charge in [0.25, 0.3) is 5.91 Å². The van der Waals surface area contributed by atoms with E-state index in [0.717, 1.165) is 5.56 Å². The lowest BCUT2D eigenvalue weighted by Crippen LogP contribution is -2.52. The predicted molar refractivity (Wildman–Crippen MR) is 103 cm³/mol. The van der Waals surface area contributed by atoms with Gasteiger partial charge in [-0.15, -0.1) is 0 Å². The topological polar surface area (TPSA) is 57.0 Å². The van der Waals surface area contributed by atoms with Crippen LogP contribution in [-0.2, 0) is 4.79 Å². The zero-order valence-corrected chi connectivity index (χ0v) is 16.0. The van der Waals surface area contributed by atoms with Crippen molar-refractivity contribution in [3.8, 4) is 0 Å². The van der Waals surface area contributed by atoms with Crippen molar-refractivity contribution < 1.29 is 14.0 Å². The fraction of sp³-hybridized carbons (Fsp3) is 0.429. The maximum Gasteiger partial charge on any atom is 0.257 e. The van der Waals surface area contributed by atoms with Gasteiger partial charge in [0.2, 0.25) is 5.91 Å². The van der Waals surface area contributed by atoms with E-state index in [9.17, 15) is 9.59 Å². The molecule has 2 heterocycles. The summed E-state index contributed by atoms with van der Waals surface area (Å²) in [5.41, 5.74) is 1.58. The van der Waals surface area contributed by atoms with E-state index in [0.29, 0.717) is 44.8 Å². The molecular formula is C21H27N3O3. The molecule has 6 nitrogen and oxygen atoms in total. The van der Waals surface area contributed by atoms with Gasteiger partial charge in [0.1, 0.15) is 12.3 Å². The molecule has 0 bridgehead atoms. The monoisotopic (exact) mass is 369 g/mol. The first-order chi connectivity index (χ1) is 13.2. The van der Waals surface area contributed by atoms with Crippen molar-refractivity contribution in [2.45, 2.75) is 19.9 Å². The summed E-state index contributed by atoms with van der Waals surface area (Å²) in [4.78, 5) is 31.6. The van der Waals surface area contributed by atoms with Gasteiger partial charge in [-0.2, -0.15) is 0 Å². The fourth-order valence-corrected chi connectivity index (χ4v) is 3.61. The summed E-state index contributed by atoms with van der Waals surface area (Å²) in [5.74, 6) is 0.107. The highest BCUT2D eigenvalue weighted by Crippen LogP contribution is 2.25. The number of benzene rings is 1. The minimum atomic E-state index is -0.308. The summed E-state index contributed by atoms with van der Waals surface area (Å²) in [6, 6.07) is 11.3. The third-order valence-corrected chi connectivity index (χ3v) is 5.16. The van der Waals surface area contributed by atoms with Crippen molar-refractivity contribution in [2.75, 3.05) is 39.3 Å². The number of hydrogen-bond acceptors (Lipinski definition) is 4. The molecule has 2 aromatic rings. The fourth-order valence-electron chi connectivity index (χ4n) is 3.61. The van der Waals surface area contributed by atoms with E-state index in [1.165, 1.54) is 12.5 Å². The van der Waals surface area contributed by atoms with Gasteiger partial charge in [0.15, 0.2) is 0 Å². The van der Waals surface area contributed by atoms with Crippen LogP contribution in [0.15, 0.2) is 53.3 Å². The van der Waals surface area contributed by atoms with E-state index < -0.39 is 0 Å². The average molecular weight is 369 g/mol. The van der Waals surface area contributed by atoms with Crippen LogP contribution < -0.4 is 0 Å². The van der Waals surface area contributed by atoms with Gasteiger partial charge < -0.3 is 14.2 Å². The van der Waals surface area contributed by atoms with Crippen LogP contribution in [0.25, 0.3) is 0 Å². The van der Waals surface area contributed by atoms with Crippen molar-refractivity contribution in [1.29, 1.82) is 0 Å². The zero-order valence-electron chi connectivity index (χ0n) is 16.0. The van der Waals surface area contributed by atoms with Crippen molar-refractivity contribution in [2.24, 2.45) is 0 Å². The summed E-state index contributed by atoms with van der Waals surface area (Å²) >= 11 is 0. The quantitative estimate of drug-likeness (QED) is 0.786. The van der Waals surface area contributed by atoms with Crippen LogP contribution in [-0.4, -0.2) is 65.8 Å². The lowest BCUT2D eigenvalue weighted by Gasteiger charge is -2.40. The van der Waals surface area contributed by atoms with Crippen LogP contribution in [0.1, 0.15) is 35.8 Å². The molecular weight excluding hydrogens is 342 g/mol. The Morgan fingerprint density at radius 1 is 1.04 bits per heavy atom. The first kappa shape index (κ1) is 19.2. The number of amides is 2. The molecule has 0 spiro atoms. The Balaban J connectivity index is 1.74. The van der Waals surface area contributed by atoms with Crippen LogP contribution >= 0.6 is 0 Å². The summed E-state index contributed by atoms with van der Waals surface area (Å²) < 4.78 is 5.02. The number of piperazine rings is 1. The van der Waals surface area contributed by atoms with E-state index >= 15 is 0 Å². The molecule has 1 aliphatic rings. The highest BCUT2D eigenvalue weighted by Gasteiger charge is 2.33. The molecule has 27 heavy (non-hydrogen) atoms. The maximum absolute atomic E-state index is 13.2. The molecule has 3 rings (SSSR count). The lowest BCUT2D eigenvalue weighted by atomic mass is 10.0. The molecule has 0 radical (unpaired) electrons. The van der Waals surface area contributed by atoms with Crippen molar-refractivity contribution in [3.63, 3.8) is 0 Å². The van der Waals surface area contributed by atoms with Crippen molar-refractivity contribution >= 4 is 11.8 Å². The van der Waals surface area contributed by atoms with Crippen molar-refractivity contribution in [3.05, 3.63) is 60.1 Å². The Kier molecular flexibility index (Phi) is 6.29. The molecule has 6 heteroatoms. The normalized spacial score (nSPS) is 16.1. The van der Waals surface area contributed by atoms with E-state index in [2.05, 4.69) is 4.90 Å².